The van der Waals surface area contributed by atoms with Gasteiger partial charge in [-0.05, 0) is 54.4 Å². The predicted octanol–water partition coefficient (Wildman–Crippen LogP) is 4.34. The first-order chi connectivity index (χ1) is 16.4. The number of rotatable bonds is 8. The van der Waals surface area contributed by atoms with Crippen LogP contribution in [0.2, 0.25) is 0 Å². The van der Waals surface area contributed by atoms with Crippen LogP contribution in [0, 0.1) is 0 Å². The molecule has 3 aromatic carbocycles. The summed E-state index contributed by atoms with van der Waals surface area (Å²) in [4.78, 5) is 16.9. The summed E-state index contributed by atoms with van der Waals surface area (Å²) in [7, 11) is -0.549. The summed E-state index contributed by atoms with van der Waals surface area (Å²) in [6.07, 6.45) is 0.785. The number of hydrogen-bond acceptors (Lipinski definition) is 5. The van der Waals surface area contributed by atoms with Crippen LogP contribution in [-0.2, 0) is 16.6 Å². The number of sulfonamides is 1. The van der Waals surface area contributed by atoms with Crippen molar-refractivity contribution < 1.29 is 22.7 Å². The molecule has 1 N–H and O–H groups in total. The second-order valence-corrected chi connectivity index (χ2v) is 9.58. The standard InChI is InChI=1S/C25H27N3O5S/c1-32-22-14-19(15-23(17-22)33-2)18-27-12-7-13-28(25(27)29)21-9-6-8-20(16-21)26-34(30,31)24-10-4-3-5-11-24/h3-6,8-11,14-17,26H,7,12-13,18H2,1-2H3. The third-order valence-corrected chi connectivity index (χ3v) is 6.96. The minimum Gasteiger partial charge on any atom is -0.497 e. The zero-order valence-corrected chi connectivity index (χ0v) is 19.9. The van der Waals surface area contributed by atoms with E-state index in [1.807, 2.05) is 12.1 Å². The summed E-state index contributed by atoms with van der Waals surface area (Å²) in [6, 6.07) is 20.5. The van der Waals surface area contributed by atoms with Gasteiger partial charge in [0.05, 0.1) is 24.8 Å². The molecule has 0 unspecified atom stereocenters. The molecule has 0 spiro atoms. The van der Waals surface area contributed by atoms with E-state index in [0.717, 1.165) is 12.0 Å². The van der Waals surface area contributed by atoms with Gasteiger partial charge in [0.2, 0.25) is 0 Å². The van der Waals surface area contributed by atoms with Gasteiger partial charge >= 0.3 is 6.03 Å². The second kappa shape index (κ2) is 10.0. The molecular formula is C25H27N3O5S. The van der Waals surface area contributed by atoms with Gasteiger partial charge in [0.15, 0.2) is 0 Å². The van der Waals surface area contributed by atoms with Gasteiger partial charge in [-0.1, -0.05) is 24.3 Å². The normalized spacial score (nSPS) is 14.1. The Morgan fingerprint density at radius 2 is 1.59 bits per heavy atom. The van der Waals surface area contributed by atoms with Gasteiger partial charge in [0, 0.05) is 31.4 Å². The van der Waals surface area contributed by atoms with Crippen LogP contribution in [0.3, 0.4) is 0 Å². The molecule has 0 saturated carbocycles. The molecule has 0 radical (unpaired) electrons. The highest BCUT2D eigenvalue weighted by Gasteiger charge is 2.27. The number of anilines is 2. The highest BCUT2D eigenvalue weighted by atomic mass is 32.2. The average Bonchev–Trinajstić information content (AvgIpc) is 2.85. The Morgan fingerprint density at radius 3 is 2.26 bits per heavy atom. The van der Waals surface area contributed by atoms with Crippen LogP contribution in [0.4, 0.5) is 16.2 Å². The Hall–Kier alpha value is -3.72. The largest absolute Gasteiger partial charge is 0.497 e. The van der Waals surface area contributed by atoms with Crippen molar-refractivity contribution in [1.29, 1.82) is 0 Å². The lowest BCUT2D eigenvalue weighted by atomic mass is 10.1. The summed E-state index contributed by atoms with van der Waals surface area (Å²) in [6.45, 7) is 1.57. The van der Waals surface area contributed by atoms with E-state index in [-0.39, 0.29) is 10.9 Å². The number of urea groups is 1. The number of carbonyl (C=O) groups is 1. The molecule has 0 aliphatic carbocycles. The van der Waals surface area contributed by atoms with Crippen molar-refractivity contribution >= 4 is 27.4 Å². The topological polar surface area (TPSA) is 88.2 Å². The molecule has 8 nitrogen and oxygen atoms in total. The number of amides is 2. The molecule has 1 aliphatic heterocycles. The molecule has 0 atom stereocenters. The van der Waals surface area contributed by atoms with E-state index in [9.17, 15) is 13.2 Å². The SMILES string of the molecule is COc1cc(CN2CCCN(c3cccc(NS(=O)(=O)c4ccccc4)c3)C2=O)cc(OC)c1. The van der Waals surface area contributed by atoms with Crippen LogP contribution in [0.5, 0.6) is 11.5 Å². The maximum Gasteiger partial charge on any atom is 0.324 e. The van der Waals surface area contributed by atoms with Crippen LogP contribution in [-0.4, -0.2) is 46.7 Å². The molecule has 178 valence electrons. The van der Waals surface area contributed by atoms with Crippen LogP contribution < -0.4 is 19.1 Å². The fourth-order valence-corrected chi connectivity index (χ4v) is 4.97. The molecule has 9 heteroatoms. The summed E-state index contributed by atoms with van der Waals surface area (Å²) in [5.41, 5.74) is 1.92. The van der Waals surface area contributed by atoms with Crippen molar-refractivity contribution in [3.05, 3.63) is 78.4 Å². The quantitative estimate of drug-likeness (QED) is 0.517. The van der Waals surface area contributed by atoms with Crippen molar-refractivity contribution in [2.75, 3.05) is 36.9 Å². The van der Waals surface area contributed by atoms with E-state index in [0.29, 0.717) is 42.5 Å². The molecule has 1 aliphatic rings. The number of nitrogens with zero attached hydrogens (tertiary/aromatic N) is 2. The highest BCUT2D eigenvalue weighted by molar-refractivity contribution is 7.92. The number of methoxy groups -OCH3 is 2. The number of benzene rings is 3. The lowest BCUT2D eigenvalue weighted by Crippen LogP contribution is -2.49. The predicted molar refractivity (Wildman–Crippen MR) is 131 cm³/mol. The van der Waals surface area contributed by atoms with E-state index < -0.39 is 10.0 Å². The van der Waals surface area contributed by atoms with Crippen molar-refractivity contribution in [3.8, 4) is 11.5 Å². The molecule has 1 heterocycles. The summed E-state index contributed by atoms with van der Waals surface area (Å²) in [5.74, 6) is 1.32. The van der Waals surface area contributed by atoms with Crippen molar-refractivity contribution in [2.45, 2.75) is 17.9 Å². The van der Waals surface area contributed by atoms with Gasteiger partial charge in [0.1, 0.15) is 11.5 Å². The number of ether oxygens (including phenoxy) is 2. The van der Waals surface area contributed by atoms with Gasteiger partial charge < -0.3 is 14.4 Å². The third-order valence-electron chi connectivity index (χ3n) is 5.56. The Balaban J connectivity index is 1.52. The Labute approximate surface area is 199 Å². The summed E-state index contributed by atoms with van der Waals surface area (Å²) >= 11 is 0. The first kappa shape index (κ1) is 23.4. The lowest BCUT2D eigenvalue weighted by molar-refractivity contribution is 0.192. The van der Waals surface area contributed by atoms with Gasteiger partial charge in [0.25, 0.3) is 10.0 Å². The molecule has 2 amide bonds. The van der Waals surface area contributed by atoms with E-state index in [1.165, 1.54) is 12.1 Å². The minimum atomic E-state index is -3.73. The van der Waals surface area contributed by atoms with Crippen LogP contribution in [0.15, 0.2) is 77.7 Å². The monoisotopic (exact) mass is 481 g/mol. The molecule has 1 saturated heterocycles. The zero-order chi connectivity index (χ0) is 24.1. The fourth-order valence-electron chi connectivity index (χ4n) is 3.90. The van der Waals surface area contributed by atoms with E-state index >= 15 is 0 Å². The number of nitrogens with one attached hydrogen (secondary N) is 1. The number of hydrogen-bond donors (Lipinski definition) is 1. The molecule has 0 aromatic heterocycles. The third kappa shape index (κ3) is 5.26. The molecular weight excluding hydrogens is 454 g/mol. The highest BCUT2D eigenvalue weighted by Crippen LogP contribution is 2.28. The average molecular weight is 482 g/mol. The summed E-state index contributed by atoms with van der Waals surface area (Å²) in [5, 5.41) is 0. The van der Waals surface area contributed by atoms with E-state index in [2.05, 4.69) is 4.72 Å². The van der Waals surface area contributed by atoms with Crippen molar-refractivity contribution in [3.63, 3.8) is 0 Å². The molecule has 0 bridgehead atoms. The van der Waals surface area contributed by atoms with Crippen LogP contribution >= 0.6 is 0 Å². The smallest absolute Gasteiger partial charge is 0.324 e. The van der Waals surface area contributed by atoms with Crippen molar-refractivity contribution in [2.24, 2.45) is 0 Å². The summed E-state index contributed by atoms with van der Waals surface area (Å²) < 4.78 is 38.7. The van der Waals surface area contributed by atoms with Gasteiger partial charge in [-0.15, -0.1) is 0 Å². The maximum absolute atomic E-state index is 13.3. The van der Waals surface area contributed by atoms with Gasteiger partial charge in [-0.2, -0.15) is 0 Å². The zero-order valence-electron chi connectivity index (χ0n) is 19.1. The van der Waals surface area contributed by atoms with Gasteiger partial charge in [-0.25, -0.2) is 13.2 Å². The Morgan fingerprint density at radius 1 is 0.882 bits per heavy atom. The fraction of sp³-hybridized carbons (Fsp3) is 0.240. The first-order valence-electron chi connectivity index (χ1n) is 10.9. The maximum atomic E-state index is 13.3. The minimum absolute atomic E-state index is 0.142. The molecule has 1 fully saturated rings. The van der Waals surface area contributed by atoms with E-state index in [1.54, 1.807) is 72.6 Å². The first-order valence-corrected chi connectivity index (χ1v) is 12.3. The molecule has 3 aromatic rings. The van der Waals surface area contributed by atoms with E-state index in [4.69, 9.17) is 9.47 Å². The van der Waals surface area contributed by atoms with Crippen LogP contribution in [0.1, 0.15) is 12.0 Å². The lowest BCUT2D eigenvalue weighted by Gasteiger charge is -2.36. The molecule has 34 heavy (non-hydrogen) atoms. The Bertz CT molecular complexity index is 1240. The molecule has 4 rings (SSSR count). The Kier molecular flexibility index (Phi) is 6.93. The van der Waals surface area contributed by atoms with Crippen LogP contribution in [0.25, 0.3) is 0 Å². The van der Waals surface area contributed by atoms with Crippen molar-refractivity contribution in [1.82, 2.24) is 4.90 Å². The van der Waals surface area contributed by atoms with Gasteiger partial charge in [-0.3, -0.25) is 9.62 Å². The number of carbonyl (C=O) groups excluding carboxylic acids is 1. The second-order valence-electron chi connectivity index (χ2n) is 7.90.